The first-order valence-electron chi connectivity index (χ1n) is 8.67. The van der Waals surface area contributed by atoms with Crippen LogP contribution in [0.1, 0.15) is 41.1 Å². The summed E-state index contributed by atoms with van der Waals surface area (Å²) < 4.78 is 5.72. The first-order chi connectivity index (χ1) is 12.2. The number of nitrogens with one attached hydrogen (secondary N) is 1. The normalized spacial score (nSPS) is 15.6. The highest BCUT2D eigenvalue weighted by Gasteiger charge is 2.19. The molecule has 1 fully saturated rings. The highest BCUT2D eigenvalue weighted by atomic mass is 32.1. The van der Waals surface area contributed by atoms with E-state index >= 15 is 0 Å². The second-order valence-corrected chi connectivity index (χ2v) is 7.35. The van der Waals surface area contributed by atoms with Crippen LogP contribution < -0.4 is 5.32 Å². The molecule has 0 atom stereocenters. The third-order valence-electron chi connectivity index (χ3n) is 4.66. The van der Waals surface area contributed by atoms with Gasteiger partial charge in [-0.15, -0.1) is 11.3 Å². The quantitative estimate of drug-likeness (QED) is 0.752. The smallest absolute Gasteiger partial charge is 0.293 e. The van der Waals surface area contributed by atoms with Crippen molar-refractivity contribution in [2.45, 2.75) is 32.7 Å². The van der Waals surface area contributed by atoms with Crippen molar-refractivity contribution in [2.75, 3.05) is 18.4 Å². The summed E-state index contributed by atoms with van der Waals surface area (Å²) in [5.74, 6) is 0.113. The van der Waals surface area contributed by atoms with Gasteiger partial charge in [0.25, 0.3) is 5.91 Å². The zero-order valence-corrected chi connectivity index (χ0v) is 15.1. The number of anilines is 1. The molecule has 0 saturated carbocycles. The lowest BCUT2D eigenvalue weighted by molar-refractivity contribution is 0.0998. The number of carbonyl (C=O) groups is 1. The average Bonchev–Trinajstić information content (AvgIpc) is 3.20. The van der Waals surface area contributed by atoms with Gasteiger partial charge < -0.3 is 4.42 Å². The number of thiazole rings is 1. The van der Waals surface area contributed by atoms with Crippen LogP contribution in [0.5, 0.6) is 0 Å². The van der Waals surface area contributed by atoms with E-state index in [1.54, 1.807) is 0 Å². The lowest BCUT2D eigenvalue weighted by Gasteiger charge is -2.25. The molecule has 1 aliphatic heterocycles. The molecule has 0 radical (unpaired) electrons. The number of likely N-dealkylation sites (tertiary alicyclic amines) is 1. The van der Waals surface area contributed by atoms with E-state index in [0.29, 0.717) is 10.9 Å². The van der Waals surface area contributed by atoms with Gasteiger partial charge in [-0.3, -0.25) is 15.0 Å². The average molecular weight is 355 g/mol. The molecule has 6 heteroatoms. The predicted molar refractivity (Wildman–Crippen MR) is 100 cm³/mol. The van der Waals surface area contributed by atoms with Gasteiger partial charge in [-0.1, -0.05) is 24.6 Å². The van der Waals surface area contributed by atoms with Crippen LogP contribution in [0.25, 0.3) is 11.0 Å². The zero-order chi connectivity index (χ0) is 17.2. The van der Waals surface area contributed by atoms with E-state index in [2.05, 4.69) is 15.2 Å². The molecule has 5 nitrogen and oxygen atoms in total. The van der Waals surface area contributed by atoms with Crippen LogP contribution in [-0.4, -0.2) is 28.9 Å². The van der Waals surface area contributed by atoms with Gasteiger partial charge in [0.05, 0.1) is 5.69 Å². The third kappa shape index (κ3) is 3.45. The number of nitrogens with zero attached hydrogens (tertiary/aromatic N) is 2. The molecule has 1 amide bonds. The summed E-state index contributed by atoms with van der Waals surface area (Å²) in [5.41, 5.74) is 2.61. The second-order valence-electron chi connectivity index (χ2n) is 6.49. The fraction of sp³-hybridized carbons (Fsp3) is 0.368. The zero-order valence-electron chi connectivity index (χ0n) is 14.2. The molecule has 1 N–H and O–H groups in total. The van der Waals surface area contributed by atoms with Crippen LogP contribution in [0.2, 0.25) is 0 Å². The largest absolute Gasteiger partial charge is 0.451 e. The van der Waals surface area contributed by atoms with Crippen LogP contribution >= 0.6 is 11.3 Å². The Kier molecular flexibility index (Phi) is 4.55. The summed E-state index contributed by atoms with van der Waals surface area (Å²) in [5, 5.41) is 6.49. The molecule has 0 aliphatic carbocycles. The number of piperidine rings is 1. The molecule has 0 bridgehead atoms. The van der Waals surface area contributed by atoms with Gasteiger partial charge in [-0.2, -0.15) is 0 Å². The topological polar surface area (TPSA) is 58.4 Å². The molecular weight excluding hydrogens is 334 g/mol. The molecule has 3 aromatic rings. The fourth-order valence-corrected chi connectivity index (χ4v) is 4.02. The van der Waals surface area contributed by atoms with Crippen molar-refractivity contribution in [2.24, 2.45) is 0 Å². The highest BCUT2D eigenvalue weighted by molar-refractivity contribution is 7.13. The van der Waals surface area contributed by atoms with Gasteiger partial charge in [-0.05, 0) is 38.9 Å². The molecule has 1 aliphatic rings. The first kappa shape index (κ1) is 16.3. The van der Waals surface area contributed by atoms with Crippen LogP contribution in [0.4, 0.5) is 5.13 Å². The van der Waals surface area contributed by atoms with E-state index in [0.717, 1.165) is 41.9 Å². The number of benzene rings is 1. The predicted octanol–water partition coefficient (Wildman–Crippen LogP) is 4.44. The number of amides is 1. The van der Waals surface area contributed by atoms with Gasteiger partial charge in [0, 0.05) is 22.9 Å². The number of carbonyl (C=O) groups excluding carboxylic acids is 1. The Morgan fingerprint density at radius 3 is 2.88 bits per heavy atom. The third-order valence-corrected chi connectivity index (χ3v) is 5.46. The Morgan fingerprint density at radius 1 is 1.28 bits per heavy atom. The van der Waals surface area contributed by atoms with E-state index in [1.165, 1.54) is 30.6 Å². The van der Waals surface area contributed by atoms with Crippen molar-refractivity contribution in [3.8, 4) is 0 Å². The molecule has 0 spiro atoms. The summed E-state index contributed by atoms with van der Waals surface area (Å²) in [7, 11) is 0. The van der Waals surface area contributed by atoms with Crippen LogP contribution in [0.3, 0.4) is 0 Å². The molecule has 1 aromatic carbocycles. The van der Waals surface area contributed by atoms with Crippen LogP contribution in [0, 0.1) is 6.92 Å². The maximum absolute atomic E-state index is 12.6. The molecule has 25 heavy (non-hydrogen) atoms. The monoisotopic (exact) mass is 355 g/mol. The summed E-state index contributed by atoms with van der Waals surface area (Å²) in [6, 6.07) is 7.69. The van der Waals surface area contributed by atoms with Crippen molar-refractivity contribution in [3.63, 3.8) is 0 Å². The molecule has 1 saturated heterocycles. The number of hydrogen-bond acceptors (Lipinski definition) is 5. The van der Waals surface area contributed by atoms with Gasteiger partial charge in [0.15, 0.2) is 10.9 Å². The minimum atomic E-state index is -0.243. The fourth-order valence-electron chi connectivity index (χ4n) is 3.33. The minimum absolute atomic E-state index is 0.243. The minimum Gasteiger partial charge on any atom is -0.451 e. The summed E-state index contributed by atoms with van der Waals surface area (Å²) in [6.07, 6.45) is 3.85. The maximum Gasteiger partial charge on any atom is 0.293 e. The molecule has 130 valence electrons. The van der Waals surface area contributed by atoms with Gasteiger partial charge in [0.1, 0.15) is 5.58 Å². The number of fused-ring (bicyclic) bond motifs is 1. The first-order valence-corrected chi connectivity index (χ1v) is 9.55. The number of rotatable bonds is 4. The Hall–Kier alpha value is -2.18. The van der Waals surface area contributed by atoms with Gasteiger partial charge in [0.2, 0.25) is 0 Å². The second kappa shape index (κ2) is 6.98. The highest BCUT2D eigenvalue weighted by Crippen LogP contribution is 2.26. The standard InChI is InChI=1S/C19H21N3O2S/c1-13-15-7-3-4-8-16(15)24-17(13)18(23)21-19-20-14(12-25-19)11-22-9-5-2-6-10-22/h3-4,7-8,12H,2,5-6,9-11H2,1H3,(H,20,21,23). The van der Waals surface area contributed by atoms with Crippen molar-refractivity contribution >= 4 is 33.3 Å². The van der Waals surface area contributed by atoms with Crippen LogP contribution in [-0.2, 0) is 6.54 Å². The Balaban J connectivity index is 1.46. The number of aromatic nitrogens is 1. The Labute approximate surface area is 150 Å². The molecule has 4 rings (SSSR count). The van der Waals surface area contributed by atoms with Crippen LogP contribution in [0.15, 0.2) is 34.1 Å². The number of hydrogen-bond donors (Lipinski definition) is 1. The lowest BCUT2D eigenvalue weighted by Crippen LogP contribution is -2.29. The SMILES string of the molecule is Cc1c(C(=O)Nc2nc(CN3CCCCC3)cs2)oc2ccccc12. The maximum atomic E-state index is 12.6. The van der Waals surface area contributed by atoms with Gasteiger partial charge >= 0.3 is 0 Å². The van der Waals surface area contributed by atoms with E-state index in [4.69, 9.17) is 4.42 Å². The molecule has 2 aromatic heterocycles. The van der Waals surface area contributed by atoms with E-state index < -0.39 is 0 Å². The summed E-state index contributed by atoms with van der Waals surface area (Å²) in [4.78, 5) is 19.5. The number of furan rings is 1. The number of aryl methyl sites for hydroxylation is 1. The molecule has 3 heterocycles. The molecule has 0 unspecified atom stereocenters. The van der Waals surface area contributed by atoms with E-state index in [9.17, 15) is 4.79 Å². The van der Waals surface area contributed by atoms with Gasteiger partial charge in [-0.25, -0.2) is 4.98 Å². The summed E-state index contributed by atoms with van der Waals surface area (Å²) >= 11 is 1.46. The summed E-state index contributed by atoms with van der Waals surface area (Å²) in [6.45, 7) is 5.04. The van der Waals surface area contributed by atoms with E-state index in [-0.39, 0.29) is 5.91 Å². The van der Waals surface area contributed by atoms with Crippen molar-refractivity contribution in [1.29, 1.82) is 0 Å². The van der Waals surface area contributed by atoms with E-state index in [1.807, 2.05) is 36.6 Å². The van der Waals surface area contributed by atoms with Crippen molar-refractivity contribution in [1.82, 2.24) is 9.88 Å². The molecular formula is C19H21N3O2S. The lowest BCUT2D eigenvalue weighted by atomic mass is 10.1. The number of para-hydroxylation sites is 1. The Bertz CT molecular complexity index is 893. The van der Waals surface area contributed by atoms with Crippen molar-refractivity contribution < 1.29 is 9.21 Å². The Morgan fingerprint density at radius 2 is 2.08 bits per heavy atom. The van der Waals surface area contributed by atoms with Crippen molar-refractivity contribution in [3.05, 3.63) is 46.7 Å².